The van der Waals surface area contributed by atoms with Crippen molar-refractivity contribution < 1.29 is 14.6 Å². The Morgan fingerprint density at radius 1 is 1.03 bits per heavy atom. The number of nitrogens with zero attached hydrogens (tertiary/aromatic N) is 2. The van der Waals surface area contributed by atoms with Crippen LogP contribution in [0.5, 0.6) is 0 Å². The van der Waals surface area contributed by atoms with Gasteiger partial charge in [-0.2, -0.15) is 0 Å². The highest BCUT2D eigenvalue weighted by Gasteiger charge is 2.45. The van der Waals surface area contributed by atoms with Crippen molar-refractivity contribution in [1.29, 1.82) is 0 Å². The van der Waals surface area contributed by atoms with E-state index in [1.165, 1.54) is 13.2 Å². The lowest BCUT2D eigenvalue weighted by molar-refractivity contribution is -0.119. The summed E-state index contributed by atoms with van der Waals surface area (Å²) in [5.74, 6) is -0.549. The molecule has 1 unspecified atom stereocenters. The molecule has 0 bridgehead atoms. The molecule has 164 valence electrons. The van der Waals surface area contributed by atoms with Crippen LogP contribution in [0.15, 0.2) is 59.4 Å². The number of aliphatic hydroxyl groups is 1. The molecule has 6 heteroatoms. The first-order valence-corrected chi connectivity index (χ1v) is 10.4. The number of aromatic nitrogens is 1. The Kier molecular flexibility index (Phi) is 6.34. The highest BCUT2D eigenvalue weighted by atomic mass is 16.5. The second-order valence-electron chi connectivity index (χ2n) is 8.27. The van der Waals surface area contributed by atoms with E-state index in [1.807, 2.05) is 62.4 Å². The summed E-state index contributed by atoms with van der Waals surface area (Å²) in [5.41, 5.74) is -0.245. The van der Waals surface area contributed by atoms with Crippen LogP contribution in [0.3, 0.4) is 0 Å². The molecule has 0 amide bonds. The van der Waals surface area contributed by atoms with Crippen molar-refractivity contribution in [3.8, 4) is 0 Å². The van der Waals surface area contributed by atoms with Crippen LogP contribution >= 0.6 is 0 Å². The molecular weight excluding hydrogens is 392 g/mol. The van der Waals surface area contributed by atoms with E-state index in [1.54, 1.807) is 30.3 Å². The van der Waals surface area contributed by atoms with E-state index < -0.39 is 11.7 Å². The third-order valence-corrected chi connectivity index (χ3v) is 5.71. The highest BCUT2D eigenvalue weighted by Crippen LogP contribution is 2.38. The zero-order valence-corrected chi connectivity index (χ0v) is 18.9. The van der Waals surface area contributed by atoms with Crippen LogP contribution in [-0.2, 0) is 17.5 Å². The minimum absolute atomic E-state index is 0.0997. The predicted octanol–water partition coefficient (Wildman–Crippen LogP) is 3.64. The van der Waals surface area contributed by atoms with E-state index >= 15 is 0 Å². The van der Waals surface area contributed by atoms with Crippen LogP contribution in [0, 0.1) is 0 Å². The lowest BCUT2D eigenvalue weighted by Gasteiger charge is -2.46. The second kappa shape index (κ2) is 8.65. The van der Waals surface area contributed by atoms with Crippen molar-refractivity contribution in [1.82, 2.24) is 9.47 Å². The molecule has 1 N–H and O–H groups in total. The van der Waals surface area contributed by atoms with Crippen LogP contribution in [0.2, 0.25) is 0 Å². The van der Waals surface area contributed by atoms with E-state index in [4.69, 9.17) is 4.74 Å². The summed E-state index contributed by atoms with van der Waals surface area (Å²) in [5, 5.41) is 13.1. The van der Waals surface area contributed by atoms with Gasteiger partial charge in [0.1, 0.15) is 0 Å². The smallest absolute Gasteiger partial charge is 0.338 e. The summed E-state index contributed by atoms with van der Waals surface area (Å²) in [4.78, 5) is 27.6. The topological polar surface area (TPSA) is 71.8 Å². The number of carbonyl (C=O) groups excluding carboxylic acids is 1. The summed E-state index contributed by atoms with van der Waals surface area (Å²) in [7, 11) is 3.13. The number of para-hydroxylation sites is 1. The van der Waals surface area contributed by atoms with Crippen LogP contribution in [-0.4, -0.2) is 39.7 Å². The van der Waals surface area contributed by atoms with E-state index in [0.717, 1.165) is 0 Å². The van der Waals surface area contributed by atoms with Gasteiger partial charge >= 0.3 is 5.97 Å². The maximum absolute atomic E-state index is 13.0. The van der Waals surface area contributed by atoms with E-state index in [0.29, 0.717) is 22.2 Å². The number of carbonyl (C=O) groups is 1. The molecule has 1 heterocycles. The maximum Gasteiger partial charge on any atom is 0.338 e. The fourth-order valence-electron chi connectivity index (χ4n) is 4.57. The molecule has 3 aromatic rings. The fraction of sp³-hybridized carbons (Fsp3) is 0.360. The molecule has 1 atom stereocenters. The largest absolute Gasteiger partial charge is 0.465 e. The SMILES string of the molecule is COC(=O)c1ccccc1C(O)(c1cc(=O)c2ccccc2n1C)N(C(C)C)C(C)C. The number of ether oxygens (including phenoxy) is 1. The van der Waals surface area contributed by atoms with Gasteiger partial charge in [-0.15, -0.1) is 0 Å². The number of benzene rings is 2. The molecule has 0 spiro atoms. The third kappa shape index (κ3) is 3.77. The lowest BCUT2D eigenvalue weighted by atomic mass is 9.89. The van der Waals surface area contributed by atoms with Gasteiger partial charge in [0, 0.05) is 36.1 Å². The number of rotatable bonds is 6. The molecule has 2 aromatic carbocycles. The van der Waals surface area contributed by atoms with E-state index in [-0.39, 0.29) is 23.1 Å². The quantitative estimate of drug-likeness (QED) is 0.485. The molecule has 0 radical (unpaired) electrons. The van der Waals surface area contributed by atoms with Crippen LogP contribution in [0.4, 0.5) is 0 Å². The standard InChI is InChI=1S/C25H30N2O4/c1-16(2)27(17(3)4)25(30,20-13-9-7-11-18(20)24(29)31-6)23-15-22(28)19-12-8-10-14-21(19)26(23)5/h7-17,30H,1-6H3. The molecule has 31 heavy (non-hydrogen) atoms. The summed E-state index contributed by atoms with van der Waals surface area (Å²) >= 11 is 0. The second-order valence-corrected chi connectivity index (χ2v) is 8.27. The van der Waals surface area contributed by atoms with Crippen LogP contribution < -0.4 is 5.43 Å². The highest BCUT2D eigenvalue weighted by molar-refractivity contribution is 5.91. The van der Waals surface area contributed by atoms with Crippen molar-refractivity contribution in [2.24, 2.45) is 7.05 Å². The summed E-state index contributed by atoms with van der Waals surface area (Å²) < 4.78 is 6.82. The van der Waals surface area contributed by atoms with Crippen molar-refractivity contribution in [2.75, 3.05) is 7.11 Å². The lowest BCUT2D eigenvalue weighted by Crippen LogP contribution is -2.55. The Bertz CT molecular complexity index is 1160. The van der Waals surface area contributed by atoms with Gasteiger partial charge < -0.3 is 14.4 Å². The normalized spacial score (nSPS) is 13.7. The number of hydrogen-bond acceptors (Lipinski definition) is 5. The van der Waals surface area contributed by atoms with Gasteiger partial charge in [-0.1, -0.05) is 30.3 Å². The van der Waals surface area contributed by atoms with Gasteiger partial charge in [-0.3, -0.25) is 9.69 Å². The predicted molar refractivity (Wildman–Crippen MR) is 122 cm³/mol. The van der Waals surface area contributed by atoms with Gasteiger partial charge in [0.05, 0.1) is 23.9 Å². The minimum Gasteiger partial charge on any atom is -0.465 e. The van der Waals surface area contributed by atoms with Crippen molar-refractivity contribution in [2.45, 2.75) is 45.5 Å². The number of fused-ring (bicyclic) bond motifs is 1. The molecule has 1 aromatic heterocycles. The van der Waals surface area contributed by atoms with Gasteiger partial charge in [0.2, 0.25) is 0 Å². The Morgan fingerprint density at radius 2 is 1.61 bits per heavy atom. The van der Waals surface area contributed by atoms with Crippen molar-refractivity contribution >= 4 is 16.9 Å². The first-order valence-electron chi connectivity index (χ1n) is 10.4. The number of methoxy groups -OCH3 is 1. The molecule has 0 saturated heterocycles. The van der Waals surface area contributed by atoms with Gasteiger partial charge in [0.25, 0.3) is 0 Å². The Balaban J connectivity index is 2.48. The van der Waals surface area contributed by atoms with Gasteiger partial charge in [0.15, 0.2) is 11.2 Å². The van der Waals surface area contributed by atoms with E-state index in [9.17, 15) is 14.7 Å². The Hall–Kier alpha value is -2.96. The van der Waals surface area contributed by atoms with Crippen molar-refractivity contribution in [3.63, 3.8) is 0 Å². The fourth-order valence-corrected chi connectivity index (χ4v) is 4.57. The molecule has 6 nitrogen and oxygen atoms in total. The molecule has 0 aliphatic rings. The summed E-state index contributed by atoms with van der Waals surface area (Å²) in [6.45, 7) is 7.91. The Labute approximate surface area is 182 Å². The first kappa shape index (κ1) is 22.7. The Morgan fingerprint density at radius 3 is 2.23 bits per heavy atom. The molecule has 0 aliphatic heterocycles. The molecule has 3 rings (SSSR count). The third-order valence-electron chi connectivity index (χ3n) is 5.71. The van der Waals surface area contributed by atoms with Crippen LogP contribution in [0.1, 0.15) is 49.3 Å². The average Bonchev–Trinajstić information content (AvgIpc) is 2.75. The molecule has 0 saturated carbocycles. The number of aryl methyl sites for hydroxylation is 1. The minimum atomic E-state index is -1.76. The maximum atomic E-state index is 13.0. The number of pyridine rings is 1. The molecule has 0 fully saturated rings. The summed E-state index contributed by atoms with van der Waals surface area (Å²) in [6, 6.07) is 15.4. The van der Waals surface area contributed by atoms with Crippen LogP contribution in [0.25, 0.3) is 10.9 Å². The van der Waals surface area contributed by atoms with Gasteiger partial charge in [-0.05, 0) is 45.9 Å². The van der Waals surface area contributed by atoms with E-state index in [2.05, 4.69) is 0 Å². The number of esters is 1. The van der Waals surface area contributed by atoms with Gasteiger partial charge in [-0.25, -0.2) is 4.79 Å². The molecule has 0 aliphatic carbocycles. The summed E-state index contributed by atoms with van der Waals surface area (Å²) in [6.07, 6.45) is 0. The number of hydrogen-bond donors (Lipinski definition) is 1. The molecular formula is C25H30N2O4. The average molecular weight is 423 g/mol. The zero-order chi connectivity index (χ0) is 22.9. The van der Waals surface area contributed by atoms with Crippen molar-refractivity contribution in [3.05, 3.63) is 81.6 Å². The monoisotopic (exact) mass is 422 g/mol. The first-order chi connectivity index (χ1) is 14.6. The zero-order valence-electron chi connectivity index (χ0n) is 18.9.